The molecule has 1 N–H and O–H groups in total. The molecular formula is C15H23N5O3S. The van der Waals surface area contributed by atoms with E-state index in [-0.39, 0.29) is 17.0 Å². The Labute approximate surface area is 142 Å². The van der Waals surface area contributed by atoms with Crippen LogP contribution in [0.15, 0.2) is 11.2 Å². The third-order valence-electron chi connectivity index (χ3n) is 3.44. The lowest BCUT2D eigenvalue weighted by Gasteiger charge is -2.12. The third-order valence-corrected chi connectivity index (χ3v) is 4.66. The quantitative estimate of drug-likeness (QED) is 0.854. The molecule has 24 heavy (non-hydrogen) atoms. The second-order valence-corrected chi connectivity index (χ2v) is 7.42. The Morgan fingerprint density at radius 1 is 1.21 bits per heavy atom. The Morgan fingerprint density at radius 2 is 1.79 bits per heavy atom. The van der Waals surface area contributed by atoms with Gasteiger partial charge in [-0.3, -0.25) is 4.72 Å². The monoisotopic (exact) mass is 353 g/mol. The highest BCUT2D eigenvalue weighted by atomic mass is 32.2. The number of anilines is 1. The van der Waals surface area contributed by atoms with Gasteiger partial charge in [-0.05, 0) is 20.8 Å². The van der Waals surface area contributed by atoms with Gasteiger partial charge in [0.1, 0.15) is 5.82 Å². The number of nitrogens with one attached hydrogen (secondary N) is 1. The van der Waals surface area contributed by atoms with Crippen LogP contribution in [0.3, 0.4) is 0 Å². The fourth-order valence-electron chi connectivity index (χ4n) is 2.33. The van der Waals surface area contributed by atoms with Crippen LogP contribution in [0.4, 0.5) is 5.69 Å². The Bertz CT molecular complexity index is 820. The number of nitrogens with zero attached hydrogens (tertiary/aromatic N) is 4. The van der Waals surface area contributed by atoms with Crippen molar-refractivity contribution in [2.45, 2.75) is 45.6 Å². The number of sulfonamides is 1. The first-order valence-corrected chi connectivity index (χ1v) is 9.18. The second kappa shape index (κ2) is 6.76. The average Bonchev–Trinajstić information content (AvgIpc) is 2.86. The first kappa shape index (κ1) is 18.2. The summed E-state index contributed by atoms with van der Waals surface area (Å²) in [7, 11) is -2.05. The summed E-state index contributed by atoms with van der Waals surface area (Å²) < 4.78 is 34.8. The van der Waals surface area contributed by atoms with Crippen molar-refractivity contribution in [1.29, 1.82) is 0 Å². The summed E-state index contributed by atoms with van der Waals surface area (Å²) in [6.45, 7) is 9.59. The maximum Gasteiger partial charge on any atom is 0.316 e. The molecule has 0 fully saturated rings. The maximum absolute atomic E-state index is 12.6. The number of hydrogen-bond acceptors (Lipinski definition) is 6. The van der Waals surface area contributed by atoms with Gasteiger partial charge in [0.25, 0.3) is 10.0 Å². The molecule has 0 unspecified atom stereocenters. The molecule has 9 heteroatoms. The van der Waals surface area contributed by atoms with Crippen LogP contribution in [0.5, 0.6) is 6.01 Å². The van der Waals surface area contributed by atoms with Crippen molar-refractivity contribution >= 4 is 15.7 Å². The molecule has 2 aromatic rings. The third kappa shape index (κ3) is 3.66. The van der Waals surface area contributed by atoms with E-state index in [2.05, 4.69) is 19.7 Å². The lowest BCUT2D eigenvalue weighted by atomic mass is 10.2. The van der Waals surface area contributed by atoms with Gasteiger partial charge in [0.15, 0.2) is 5.03 Å². The van der Waals surface area contributed by atoms with Crippen molar-refractivity contribution in [2.24, 2.45) is 7.05 Å². The number of aromatic nitrogens is 4. The lowest BCUT2D eigenvalue weighted by molar-refractivity contribution is 0.311. The molecule has 8 nitrogen and oxygen atoms in total. The van der Waals surface area contributed by atoms with Gasteiger partial charge in [-0.2, -0.15) is 18.4 Å². The predicted octanol–water partition coefficient (Wildman–Crippen LogP) is 2.15. The van der Waals surface area contributed by atoms with Crippen molar-refractivity contribution in [3.05, 3.63) is 23.4 Å². The van der Waals surface area contributed by atoms with E-state index in [4.69, 9.17) is 4.74 Å². The molecule has 2 heterocycles. The Morgan fingerprint density at radius 3 is 2.25 bits per heavy atom. The zero-order valence-electron chi connectivity index (χ0n) is 14.8. The molecule has 0 bridgehead atoms. The number of imidazole rings is 1. The largest absolute Gasteiger partial charge is 0.464 e. The number of aryl methyl sites for hydroxylation is 3. The van der Waals surface area contributed by atoms with Crippen molar-refractivity contribution in [2.75, 3.05) is 11.3 Å². The molecule has 2 aromatic heterocycles. The minimum atomic E-state index is -3.82. The molecule has 0 aliphatic carbocycles. The van der Waals surface area contributed by atoms with E-state index in [9.17, 15) is 8.42 Å². The molecule has 132 valence electrons. The van der Waals surface area contributed by atoms with Crippen LogP contribution >= 0.6 is 0 Å². The summed E-state index contributed by atoms with van der Waals surface area (Å²) in [6, 6.07) is 0.232. The van der Waals surface area contributed by atoms with Crippen molar-refractivity contribution in [3.63, 3.8) is 0 Å². The molecule has 0 aliphatic rings. The van der Waals surface area contributed by atoms with Crippen molar-refractivity contribution in [3.8, 4) is 6.01 Å². The molecule has 0 amide bonds. The van der Waals surface area contributed by atoms with Crippen LogP contribution in [-0.2, 0) is 17.1 Å². The molecule has 0 aliphatic heterocycles. The summed E-state index contributed by atoms with van der Waals surface area (Å²) in [4.78, 5) is 12.6. The minimum absolute atomic E-state index is 0.0265. The van der Waals surface area contributed by atoms with Crippen LogP contribution in [0, 0.1) is 13.8 Å². The normalized spacial score (nSPS) is 11.8. The number of ether oxygens (including phenoxy) is 1. The molecule has 0 spiro atoms. The molecule has 0 saturated carbocycles. The summed E-state index contributed by atoms with van der Waals surface area (Å²) >= 11 is 0. The van der Waals surface area contributed by atoms with E-state index in [0.29, 0.717) is 29.5 Å². The van der Waals surface area contributed by atoms with E-state index < -0.39 is 10.0 Å². The van der Waals surface area contributed by atoms with Gasteiger partial charge in [-0.25, -0.2) is 4.98 Å². The molecule has 0 radical (unpaired) electrons. The molecule has 2 rings (SSSR count). The fraction of sp³-hybridized carbons (Fsp3) is 0.533. The first-order valence-electron chi connectivity index (χ1n) is 7.69. The zero-order chi connectivity index (χ0) is 18.1. The summed E-state index contributed by atoms with van der Waals surface area (Å²) in [5, 5.41) is -0.0265. The summed E-state index contributed by atoms with van der Waals surface area (Å²) in [6.07, 6.45) is 1.50. The smallest absolute Gasteiger partial charge is 0.316 e. The van der Waals surface area contributed by atoms with Crippen LogP contribution in [-0.4, -0.2) is 34.5 Å². The van der Waals surface area contributed by atoms with E-state index >= 15 is 0 Å². The van der Waals surface area contributed by atoms with Crippen LogP contribution in [0.1, 0.15) is 43.9 Å². The van der Waals surface area contributed by atoms with Gasteiger partial charge < -0.3 is 9.30 Å². The molecular weight excluding hydrogens is 330 g/mol. The molecule has 0 atom stereocenters. The van der Waals surface area contributed by atoms with Crippen LogP contribution in [0.2, 0.25) is 0 Å². The maximum atomic E-state index is 12.6. The molecule has 0 saturated heterocycles. The topological polar surface area (TPSA) is 99.0 Å². The highest BCUT2D eigenvalue weighted by Gasteiger charge is 2.23. The van der Waals surface area contributed by atoms with Crippen LogP contribution < -0.4 is 9.46 Å². The van der Waals surface area contributed by atoms with E-state index in [1.165, 1.54) is 6.20 Å². The lowest BCUT2D eigenvalue weighted by Crippen LogP contribution is -2.17. The van der Waals surface area contributed by atoms with Crippen molar-refractivity contribution in [1.82, 2.24) is 19.5 Å². The second-order valence-electron chi connectivity index (χ2n) is 5.79. The van der Waals surface area contributed by atoms with Gasteiger partial charge >= 0.3 is 6.01 Å². The van der Waals surface area contributed by atoms with E-state index in [0.717, 1.165) is 0 Å². The Balaban J connectivity index is 2.38. The van der Waals surface area contributed by atoms with Crippen LogP contribution in [0.25, 0.3) is 0 Å². The van der Waals surface area contributed by atoms with Crippen molar-refractivity contribution < 1.29 is 13.2 Å². The van der Waals surface area contributed by atoms with Gasteiger partial charge in [0, 0.05) is 19.2 Å². The zero-order valence-corrected chi connectivity index (χ0v) is 15.6. The standard InChI is InChI=1S/C15H23N5O3S/c1-7-23-15-16-10(4)13(11(5)17-15)19-24(21,22)12-8-20(6)14(18-12)9(2)3/h8-9,19H,7H2,1-6H3. The predicted molar refractivity (Wildman–Crippen MR) is 90.8 cm³/mol. The Hall–Kier alpha value is -2.16. The van der Waals surface area contributed by atoms with E-state index in [1.54, 1.807) is 25.5 Å². The first-order chi connectivity index (χ1) is 11.2. The van der Waals surface area contributed by atoms with Gasteiger partial charge in [-0.1, -0.05) is 13.8 Å². The average molecular weight is 353 g/mol. The summed E-state index contributed by atoms with van der Waals surface area (Å²) in [5.41, 5.74) is 1.33. The number of rotatable bonds is 6. The highest BCUT2D eigenvalue weighted by molar-refractivity contribution is 7.92. The highest BCUT2D eigenvalue weighted by Crippen LogP contribution is 2.24. The minimum Gasteiger partial charge on any atom is -0.464 e. The van der Waals surface area contributed by atoms with Gasteiger partial charge in [-0.15, -0.1) is 0 Å². The summed E-state index contributed by atoms with van der Waals surface area (Å²) in [5.74, 6) is 0.822. The van der Waals surface area contributed by atoms with Gasteiger partial charge in [0.2, 0.25) is 0 Å². The fourth-order valence-corrected chi connectivity index (χ4v) is 3.51. The molecule has 0 aromatic carbocycles. The Kier molecular flexibility index (Phi) is 5.12. The van der Waals surface area contributed by atoms with Gasteiger partial charge in [0.05, 0.1) is 23.7 Å². The number of hydrogen-bond donors (Lipinski definition) is 1. The van der Waals surface area contributed by atoms with E-state index in [1.807, 2.05) is 20.8 Å². The SMILES string of the molecule is CCOc1nc(C)c(NS(=O)(=O)c2cn(C)c(C(C)C)n2)c(C)n1.